The van der Waals surface area contributed by atoms with Crippen molar-refractivity contribution < 1.29 is 4.39 Å². The predicted molar refractivity (Wildman–Crippen MR) is 129 cm³/mol. The molecule has 5 rings (SSSR count). The minimum Gasteiger partial charge on any atom is -0.378 e. The third kappa shape index (κ3) is 4.39. The molecule has 1 atom stereocenters. The number of nitrogens with zero attached hydrogens (tertiary/aromatic N) is 5. The van der Waals surface area contributed by atoms with E-state index in [9.17, 15) is 9.65 Å². The van der Waals surface area contributed by atoms with E-state index in [2.05, 4.69) is 42.1 Å². The molecule has 3 heterocycles. The smallest absolute Gasteiger partial charge is 0.123 e. The predicted octanol–water partition coefficient (Wildman–Crippen LogP) is 5.29. The lowest BCUT2D eigenvalue weighted by Crippen LogP contribution is -2.13. The summed E-state index contributed by atoms with van der Waals surface area (Å²) in [5.74, 6) is -0.331. The largest absolute Gasteiger partial charge is 0.378 e. The number of H-pyrrole nitrogens is 1. The van der Waals surface area contributed by atoms with Crippen LogP contribution >= 0.6 is 22.9 Å². The van der Waals surface area contributed by atoms with Gasteiger partial charge in [-0.2, -0.15) is 5.26 Å². The van der Waals surface area contributed by atoms with Gasteiger partial charge in [0.15, 0.2) is 0 Å². The van der Waals surface area contributed by atoms with E-state index in [1.54, 1.807) is 29.9 Å². The van der Waals surface area contributed by atoms with E-state index in [4.69, 9.17) is 11.6 Å². The molecule has 168 valence electrons. The van der Waals surface area contributed by atoms with Gasteiger partial charge in [0.05, 0.1) is 45.6 Å². The Balaban J connectivity index is 1.57. The van der Waals surface area contributed by atoms with E-state index in [1.165, 1.54) is 29.7 Å². The average molecular weight is 491 g/mol. The number of nitrogens with one attached hydrogen (secondary N) is 3. The molecule has 0 saturated heterocycles. The summed E-state index contributed by atoms with van der Waals surface area (Å²) in [7, 11) is 0. The van der Waals surface area contributed by atoms with Crippen LogP contribution in [0.5, 0.6) is 0 Å². The Morgan fingerprint density at radius 2 is 2.06 bits per heavy atom. The number of nitriles is 1. The molecule has 0 aliphatic rings. The Morgan fingerprint density at radius 1 is 1.21 bits per heavy atom. The first-order valence-electron chi connectivity index (χ1n) is 10.1. The number of thiazole rings is 1. The second kappa shape index (κ2) is 9.43. The molecular weight excluding hydrogens is 475 g/mol. The van der Waals surface area contributed by atoms with Crippen LogP contribution in [-0.4, -0.2) is 25.4 Å². The number of hydrogen-bond acceptors (Lipinski definition) is 8. The summed E-state index contributed by atoms with van der Waals surface area (Å²) in [4.78, 5) is 8.68. The summed E-state index contributed by atoms with van der Waals surface area (Å²) in [6.07, 6.45) is 3.17. The van der Waals surface area contributed by atoms with Crippen molar-refractivity contribution in [1.29, 1.82) is 5.26 Å². The van der Waals surface area contributed by atoms with Crippen LogP contribution in [0.1, 0.15) is 28.6 Å². The van der Waals surface area contributed by atoms with Crippen LogP contribution < -0.4 is 10.6 Å². The van der Waals surface area contributed by atoms with Gasteiger partial charge in [-0.05, 0) is 29.8 Å². The van der Waals surface area contributed by atoms with Gasteiger partial charge in [0.25, 0.3) is 0 Å². The molecule has 0 aliphatic carbocycles. The summed E-state index contributed by atoms with van der Waals surface area (Å²) in [5, 5.41) is 30.1. The lowest BCUT2D eigenvalue weighted by atomic mass is 10.0. The van der Waals surface area contributed by atoms with Crippen LogP contribution in [0.2, 0.25) is 5.02 Å². The van der Waals surface area contributed by atoms with Gasteiger partial charge >= 0.3 is 0 Å². The summed E-state index contributed by atoms with van der Waals surface area (Å²) in [6, 6.07) is 11.5. The number of anilines is 2. The molecule has 0 aliphatic heterocycles. The van der Waals surface area contributed by atoms with Gasteiger partial charge in [0.1, 0.15) is 17.6 Å². The topological polar surface area (TPSA) is 115 Å². The van der Waals surface area contributed by atoms with E-state index < -0.39 is 6.04 Å². The number of aromatic amines is 1. The van der Waals surface area contributed by atoms with E-state index >= 15 is 0 Å². The Kier molecular flexibility index (Phi) is 6.03. The fourth-order valence-electron chi connectivity index (χ4n) is 3.62. The van der Waals surface area contributed by atoms with Gasteiger partial charge < -0.3 is 10.6 Å². The van der Waals surface area contributed by atoms with Crippen molar-refractivity contribution in [3.63, 3.8) is 0 Å². The summed E-state index contributed by atoms with van der Waals surface area (Å²) >= 11 is 8.10. The third-order valence-electron chi connectivity index (χ3n) is 5.22. The van der Waals surface area contributed by atoms with Crippen molar-refractivity contribution in [2.45, 2.75) is 12.6 Å². The van der Waals surface area contributed by atoms with Crippen molar-refractivity contribution in [3.8, 4) is 6.07 Å². The maximum Gasteiger partial charge on any atom is 0.123 e. The molecule has 0 saturated carbocycles. The van der Waals surface area contributed by atoms with E-state index in [0.717, 1.165) is 11.3 Å². The Morgan fingerprint density at radius 3 is 2.76 bits per heavy atom. The lowest BCUT2D eigenvalue weighted by Gasteiger charge is -2.20. The summed E-state index contributed by atoms with van der Waals surface area (Å²) in [6.45, 7) is 0.448. The van der Waals surface area contributed by atoms with Crippen molar-refractivity contribution in [2.24, 2.45) is 0 Å². The maximum absolute atomic E-state index is 13.5. The molecule has 0 unspecified atom stereocenters. The van der Waals surface area contributed by atoms with E-state index in [0.29, 0.717) is 45.1 Å². The first kappa shape index (κ1) is 21.8. The molecule has 3 aromatic heterocycles. The van der Waals surface area contributed by atoms with E-state index in [1.807, 2.05) is 11.4 Å². The van der Waals surface area contributed by atoms with Crippen molar-refractivity contribution in [2.75, 3.05) is 10.6 Å². The lowest BCUT2D eigenvalue weighted by molar-refractivity contribution is 0.626. The zero-order valence-corrected chi connectivity index (χ0v) is 19.0. The molecule has 0 fully saturated rings. The van der Waals surface area contributed by atoms with Crippen molar-refractivity contribution in [1.82, 2.24) is 25.4 Å². The number of halogens is 2. The maximum atomic E-state index is 13.5. The monoisotopic (exact) mass is 490 g/mol. The van der Waals surface area contributed by atoms with Crippen LogP contribution in [0.25, 0.3) is 10.9 Å². The minimum absolute atomic E-state index is 0.331. The highest BCUT2D eigenvalue weighted by molar-refractivity contribution is 7.07. The number of pyridine rings is 1. The standard InChI is InChI=1S/C23H16ClFN8S/c24-19-6-16(31-22(20-10-30-33-32-20)13-1-3-15(25)4-2-13)5-18-21(14(7-26)8-27-23(18)19)28-9-17-11-34-12-29-17/h1-6,8,10-12,22,31H,9H2,(H,27,28)(H,30,32,33)/t22-/m0/s1. The van der Waals surface area contributed by atoms with Gasteiger partial charge in [-0.1, -0.05) is 28.9 Å². The molecule has 0 radical (unpaired) electrons. The Hall–Kier alpha value is -4.07. The van der Waals surface area contributed by atoms with Crippen molar-refractivity contribution in [3.05, 3.63) is 93.0 Å². The average Bonchev–Trinajstić information content (AvgIpc) is 3.56. The second-order valence-electron chi connectivity index (χ2n) is 7.37. The quantitative estimate of drug-likeness (QED) is 0.284. The van der Waals surface area contributed by atoms with Crippen LogP contribution in [0.3, 0.4) is 0 Å². The number of fused-ring (bicyclic) bond motifs is 1. The second-order valence-corrected chi connectivity index (χ2v) is 8.50. The number of aromatic nitrogens is 5. The zero-order chi connectivity index (χ0) is 23.5. The number of rotatable bonds is 7. The molecule has 0 amide bonds. The van der Waals surface area contributed by atoms with Gasteiger partial charge in [-0.15, -0.1) is 16.4 Å². The minimum atomic E-state index is -0.425. The van der Waals surface area contributed by atoms with Crippen LogP contribution in [0.15, 0.2) is 59.7 Å². The first-order chi connectivity index (χ1) is 16.6. The molecule has 11 heteroatoms. The fourth-order valence-corrected chi connectivity index (χ4v) is 4.45. The SMILES string of the molecule is N#Cc1cnc2c(Cl)cc(N[C@@H](c3ccc(F)cc3)c3c[nH]nn3)cc2c1NCc1cscn1. The van der Waals surface area contributed by atoms with Crippen molar-refractivity contribution >= 4 is 45.2 Å². The Labute approximate surface area is 202 Å². The zero-order valence-electron chi connectivity index (χ0n) is 17.5. The molecular formula is C23H16ClFN8S. The van der Waals surface area contributed by atoms with Gasteiger partial charge in [-0.3, -0.25) is 10.1 Å². The van der Waals surface area contributed by atoms with Crippen LogP contribution in [0, 0.1) is 17.1 Å². The van der Waals surface area contributed by atoms with Gasteiger partial charge in [0, 0.05) is 28.8 Å². The number of hydrogen-bond donors (Lipinski definition) is 3. The third-order valence-corrected chi connectivity index (χ3v) is 6.14. The molecule has 0 bridgehead atoms. The molecule has 3 N–H and O–H groups in total. The highest BCUT2D eigenvalue weighted by Gasteiger charge is 2.19. The fraction of sp³-hybridized carbons (Fsp3) is 0.0870. The van der Waals surface area contributed by atoms with E-state index in [-0.39, 0.29) is 5.82 Å². The van der Waals surface area contributed by atoms with Gasteiger partial charge in [-0.25, -0.2) is 9.37 Å². The molecule has 2 aromatic carbocycles. The summed E-state index contributed by atoms with van der Waals surface area (Å²) in [5.41, 5.74) is 6.27. The molecule has 0 spiro atoms. The first-order valence-corrected chi connectivity index (χ1v) is 11.5. The molecule has 34 heavy (non-hydrogen) atoms. The highest BCUT2D eigenvalue weighted by atomic mass is 35.5. The molecule has 8 nitrogen and oxygen atoms in total. The van der Waals surface area contributed by atoms with Crippen LogP contribution in [0.4, 0.5) is 15.8 Å². The number of benzene rings is 2. The normalized spacial score (nSPS) is 11.8. The Bertz CT molecular complexity index is 1460. The van der Waals surface area contributed by atoms with Crippen LogP contribution in [-0.2, 0) is 6.54 Å². The highest BCUT2D eigenvalue weighted by Crippen LogP contribution is 2.35. The van der Waals surface area contributed by atoms with Gasteiger partial charge in [0.2, 0.25) is 0 Å². The molecule has 5 aromatic rings. The summed E-state index contributed by atoms with van der Waals surface area (Å²) < 4.78 is 13.5.